The average molecular weight is 314 g/mol. The highest BCUT2D eigenvalue weighted by atomic mass is 16.2. The van der Waals surface area contributed by atoms with Crippen LogP contribution in [0.5, 0.6) is 0 Å². The predicted octanol–water partition coefficient (Wildman–Crippen LogP) is 3.64. The molecule has 0 aromatic heterocycles. The zero-order chi connectivity index (χ0) is 17.2. The lowest BCUT2D eigenvalue weighted by Crippen LogP contribution is -2.36. The van der Waals surface area contributed by atoms with Gasteiger partial charge in [-0.3, -0.25) is 4.79 Å². The molecule has 3 atom stereocenters. The van der Waals surface area contributed by atoms with Crippen molar-refractivity contribution in [2.75, 3.05) is 20.6 Å². The molecule has 1 aromatic rings. The lowest BCUT2D eigenvalue weighted by Gasteiger charge is -2.25. The third kappa shape index (κ3) is 4.03. The zero-order valence-corrected chi connectivity index (χ0v) is 15.3. The maximum atomic E-state index is 12.6. The number of nitrogens with one attached hydrogen (secondary N) is 1. The Morgan fingerprint density at radius 2 is 1.87 bits per heavy atom. The smallest absolute Gasteiger partial charge is 0.224 e. The fraction of sp³-hybridized carbons (Fsp3) is 0.550. The van der Waals surface area contributed by atoms with E-state index in [2.05, 4.69) is 70.2 Å². The molecule has 1 fully saturated rings. The largest absolute Gasteiger partial charge is 0.354 e. The minimum absolute atomic E-state index is 0.0711. The first-order valence-corrected chi connectivity index (χ1v) is 8.39. The van der Waals surface area contributed by atoms with Gasteiger partial charge in [0.25, 0.3) is 0 Å². The second kappa shape index (κ2) is 6.88. The highest BCUT2D eigenvalue weighted by molar-refractivity contribution is 5.83. The topological polar surface area (TPSA) is 32.3 Å². The van der Waals surface area contributed by atoms with Gasteiger partial charge in [-0.25, -0.2) is 0 Å². The Bertz CT molecular complexity index is 571. The van der Waals surface area contributed by atoms with Gasteiger partial charge < -0.3 is 10.2 Å². The summed E-state index contributed by atoms with van der Waals surface area (Å²) in [4.78, 5) is 14.8. The fourth-order valence-corrected chi connectivity index (χ4v) is 3.43. The molecule has 1 aliphatic rings. The van der Waals surface area contributed by atoms with Crippen molar-refractivity contribution in [2.45, 2.75) is 33.7 Å². The summed E-state index contributed by atoms with van der Waals surface area (Å²) in [5.74, 6) is 0.637. The molecule has 1 amide bonds. The van der Waals surface area contributed by atoms with Crippen molar-refractivity contribution in [1.29, 1.82) is 0 Å². The molecule has 0 spiro atoms. The van der Waals surface area contributed by atoms with Crippen molar-refractivity contribution in [1.82, 2.24) is 10.2 Å². The summed E-state index contributed by atoms with van der Waals surface area (Å²) in [6.07, 6.45) is 2.24. The van der Waals surface area contributed by atoms with Crippen molar-refractivity contribution in [2.24, 2.45) is 17.3 Å². The van der Waals surface area contributed by atoms with E-state index in [1.165, 1.54) is 11.1 Å². The van der Waals surface area contributed by atoms with Crippen LogP contribution in [-0.4, -0.2) is 31.4 Å². The average Bonchev–Trinajstić information content (AvgIpc) is 2.99. The molecule has 0 saturated heterocycles. The Morgan fingerprint density at radius 1 is 1.26 bits per heavy atom. The minimum Gasteiger partial charge on any atom is -0.354 e. The summed E-state index contributed by atoms with van der Waals surface area (Å²) in [5.41, 5.74) is 2.59. The molecule has 2 rings (SSSR count). The Morgan fingerprint density at radius 3 is 2.39 bits per heavy atom. The first-order valence-electron chi connectivity index (χ1n) is 8.39. The molecule has 1 N–H and O–H groups in total. The van der Waals surface area contributed by atoms with Gasteiger partial charge in [0.1, 0.15) is 0 Å². The third-order valence-corrected chi connectivity index (χ3v) is 4.98. The standard InChI is InChI=1S/C20H30N2O/c1-14(2)12-16-18(20(16,3)4)19(23)21-13-17(22(5)6)15-10-8-7-9-11-15/h7-12,16-18H,13H2,1-6H3,(H,21,23)/t16-,17-,18+/m1/s1. The lowest BCUT2D eigenvalue weighted by atomic mass is 10.1. The number of likely N-dealkylation sites (N-methyl/N-ethyl adjacent to an activating group) is 1. The second-order valence-corrected chi connectivity index (χ2v) is 7.70. The third-order valence-electron chi connectivity index (χ3n) is 4.98. The molecule has 3 nitrogen and oxygen atoms in total. The monoisotopic (exact) mass is 314 g/mol. The van der Waals surface area contributed by atoms with Crippen LogP contribution in [0.1, 0.15) is 39.3 Å². The van der Waals surface area contributed by atoms with Gasteiger partial charge in [-0.05, 0) is 44.8 Å². The first kappa shape index (κ1) is 17.7. The zero-order valence-electron chi connectivity index (χ0n) is 15.3. The molecule has 1 aliphatic carbocycles. The highest BCUT2D eigenvalue weighted by Crippen LogP contribution is 2.59. The fourth-order valence-electron chi connectivity index (χ4n) is 3.43. The van der Waals surface area contributed by atoms with Gasteiger partial charge in [0.2, 0.25) is 5.91 Å². The summed E-state index contributed by atoms with van der Waals surface area (Å²) in [7, 11) is 4.10. The Kier molecular flexibility index (Phi) is 5.30. The van der Waals surface area contributed by atoms with Crippen molar-refractivity contribution < 1.29 is 4.79 Å². The number of nitrogens with zero attached hydrogens (tertiary/aromatic N) is 1. The number of rotatable bonds is 6. The number of benzene rings is 1. The molecule has 0 radical (unpaired) electrons. The van der Waals surface area contributed by atoms with E-state index in [1.54, 1.807) is 0 Å². The SMILES string of the molecule is CC(C)=C[C@@H]1[C@@H](C(=O)NC[C@H](c2ccccc2)N(C)C)C1(C)C. The lowest BCUT2D eigenvalue weighted by molar-refractivity contribution is -0.123. The molecule has 0 heterocycles. The molecular formula is C20H30N2O. The molecule has 23 heavy (non-hydrogen) atoms. The highest BCUT2D eigenvalue weighted by Gasteiger charge is 2.60. The molecule has 1 aromatic carbocycles. The number of hydrogen-bond donors (Lipinski definition) is 1. The van der Waals surface area contributed by atoms with Gasteiger partial charge >= 0.3 is 0 Å². The van der Waals surface area contributed by atoms with Crippen molar-refractivity contribution in [3.8, 4) is 0 Å². The molecule has 126 valence electrons. The van der Waals surface area contributed by atoms with Crippen LogP contribution < -0.4 is 5.32 Å². The predicted molar refractivity (Wildman–Crippen MR) is 96.1 cm³/mol. The number of carbonyl (C=O) groups excluding carboxylic acids is 1. The van der Waals surface area contributed by atoms with Crippen LogP contribution in [0.25, 0.3) is 0 Å². The van der Waals surface area contributed by atoms with Crippen LogP contribution in [0.3, 0.4) is 0 Å². The normalized spacial score (nSPS) is 23.3. The van der Waals surface area contributed by atoms with Crippen LogP contribution in [-0.2, 0) is 4.79 Å². The van der Waals surface area contributed by atoms with Crippen LogP contribution in [0.2, 0.25) is 0 Å². The quantitative estimate of drug-likeness (QED) is 0.813. The number of hydrogen-bond acceptors (Lipinski definition) is 2. The maximum Gasteiger partial charge on any atom is 0.224 e. The van der Waals surface area contributed by atoms with Gasteiger partial charge in [0.15, 0.2) is 0 Å². The van der Waals surface area contributed by atoms with E-state index in [0.29, 0.717) is 12.5 Å². The molecule has 1 saturated carbocycles. The molecular weight excluding hydrogens is 284 g/mol. The van der Waals surface area contributed by atoms with Gasteiger partial charge in [0.05, 0.1) is 12.0 Å². The molecule has 0 unspecified atom stereocenters. The van der Waals surface area contributed by atoms with Crippen LogP contribution in [0.4, 0.5) is 0 Å². The Hall–Kier alpha value is -1.61. The van der Waals surface area contributed by atoms with E-state index in [9.17, 15) is 4.79 Å². The maximum absolute atomic E-state index is 12.6. The van der Waals surface area contributed by atoms with E-state index in [1.807, 2.05) is 18.2 Å². The van der Waals surface area contributed by atoms with Crippen molar-refractivity contribution >= 4 is 5.91 Å². The minimum atomic E-state index is 0.0711. The van der Waals surface area contributed by atoms with Crippen LogP contribution >= 0.6 is 0 Å². The molecule has 0 bridgehead atoms. The summed E-state index contributed by atoms with van der Waals surface area (Å²) in [6.45, 7) is 9.20. The Labute approximate surface area is 140 Å². The first-order chi connectivity index (χ1) is 10.7. The van der Waals surface area contributed by atoms with Gasteiger partial charge in [0, 0.05) is 6.54 Å². The van der Waals surface area contributed by atoms with E-state index in [0.717, 1.165) is 0 Å². The number of amides is 1. The van der Waals surface area contributed by atoms with Crippen molar-refractivity contribution in [3.63, 3.8) is 0 Å². The Balaban J connectivity index is 1.99. The summed E-state index contributed by atoms with van der Waals surface area (Å²) >= 11 is 0. The van der Waals surface area contributed by atoms with Crippen LogP contribution in [0, 0.1) is 17.3 Å². The van der Waals surface area contributed by atoms with Crippen LogP contribution in [0.15, 0.2) is 42.0 Å². The summed E-state index contributed by atoms with van der Waals surface area (Å²) in [6, 6.07) is 10.5. The van der Waals surface area contributed by atoms with E-state index in [-0.39, 0.29) is 23.3 Å². The van der Waals surface area contributed by atoms with E-state index < -0.39 is 0 Å². The second-order valence-electron chi connectivity index (χ2n) is 7.70. The molecule has 3 heteroatoms. The number of allylic oxidation sites excluding steroid dienone is 2. The van der Waals surface area contributed by atoms with Gasteiger partial charge in [-0.1, -0.05) is 55.8 Å². The summed E-state index contributed by atoms with van der Waals surface area (Å²) in [5, 5.41) is 3.17. The van der Waals surface area contributed by atoms with Gasteiger partial charge in [-0.2, -0.15) is 0 Å². The van der Waals surface area contributed by atoms with Crippen molar-refractivity contribution in [3.05, 3.63) is 47.5 Å². The molecule has 0 aliphatic heterocycles. The summed E-state index contributed by atoms with van der Waals surface area (Å²) < 4.78 is 0. The van der Waals surface area contributed by atoms with E-state index in [4.69, 9.17) is 0 Å². The number of carbonyl (C=O) groups is 1. The van der Waals surface area contributed by atoms with E-state index >= 15 is 0 Å². The van der Waals surface area contributed by atoms with Gasteiger partial charge in [-0.15, -0.1) is 0 Å².